The summed E-state index contributed by atoms with van der Waals surface area (Å²) in [4.78, 5) is 12.7. The van der Waals surface area contributed by atoms with E-state index in [2.05, 4.69) is 11.2 Å². The molecule has 1 aliphatic carbocycles. The lowest BCUT2D eigenvalue weighted by molar-refractivity contribution is 0.0930. The first-order valence-electron chi connectivity index (χ1n) is 6.02. The molecular weight excluding hydrogens is 246 g/mol. The first kappa shape index (κ1) is 13.0. The fraction of sp³-hybridized carbons (Fsp3) is 0.500. The van der Waals surface area contributed by atoms with E-state index in [0.717, 1.165) is 0 Å². The summed E-state index contributed by atoms with van der Waals surface area (Å²) in [6.07, 6.45) is 7.82. The molecule has 4 heteroatoms. The van der Waals surface area contributed by atoms with Crippen molar-refractivity contribution in [3.63, 3.8) is 0 Å². The highest BCUT2D eigenvalue weighted by molar-refractivity contribution is 7.12. The zero-order chi connectivity index (χ0) is 13.2. The van der Waals surface area contributed by atoms with Crippen LogP contribution in [0.5, 0.6) is 5.75 Å². The highest BCUT2D eigenvalue weighted by Gasteiger charge is 2.25. The molecule has 3 nitrogen and oxygen atoms in total. The number of carbonyl (C=O) groups is 1. The largest absolute Gasteiger partial charge is 0.492 e. The molecule has 0 saturated heterocycles. The number of nitrogens with one attached hydrogen (secondary N) is 1. The maximum absolute atomic E-state index is 12.1. The van der Waals surface area contributed by atoms with Crippen LogP contribution in [0.3, 0.4) is 0 Å². The predicted octanol–water partition coefficient (Wildman–Crippen LogP) is 2.68. The molecule has 18 heavy (non-hydrogen) atoms. The minimum absolute atomic E-state index is 0.168. The van der Waals surface area contributed by atoms with E-state index >= 15 is 0 Å². The molecule has 0 unspecified atom stereocenters. The molecule has 0 spiro atoms. The second-order valence-corrected chi connectivity index (χ2v) is 6.01. The molecule has 0 aliphatic heterocycles. The van der Waals surface area contributed by atoms with Gasteiger partial charge in [-0.15, -0.1) is 17.8 Å². The Bertz CT molecular complexity index is 480. The maximum Gasteiger partial charge on any atom is 0.266 e. The summed E-state index contributed by atoms with van der Waals surface area (Å²) in [6, 6.07) is 1.84. The molecule has 1 N–H and O–H groups in total. The van der Waals surface area contributed by atoms with Gasteiger partial charge in [0.2, 0.25) is 0 Å². The molecule has 1 fully saturated rings. The van der Waals surface area contributed by atoms with Crippen LogP contribution in [0.15, 0.2) is 11.4 Å². The summed E-state index contributed by atoms with van der Waals surface area (Å²) in [5.41, 5.74) is -0.644. The van der Waals surface area contributed by atoms with E-state index in [1.54, 1.807) is 13.8 Å². The second kappa shape index (κ2) is 5.03. The molecule has 1 aromatic rings. The third-order valence-corrected chi connectivity index (χ3v) is 3.69. The van der Waals surface area contributed by atoms with Crippen LogP contribution >= 0.6 is 11.3 Å². The molecule has 2 rings (SSSR count). The summed E-state index contributed by atoms with van der Waals surface area (Å²) in [7, 11) is 0. The van der Waals surface area contributed by atoms with Gasteiger partial charge in [0.1, 0.15) is 10.6 Å². The summed E-state index contributed by atoms with van der Waals surface area (Å²) in [5, 5.41) is 4.67. The predicted molar refractivity (Wildman–Crippen MR) is 72.9 cm³/mol. The van der Waals surface area contributed by atoms with Crippen molar-refractivity contribution >= 4 is 17.2 Å². The third kappa shape index (κ3) is 3.27. The Kier molecular flexibility index (Phi) is 3.63. The topological polar surface area (TPSA) is 38.3 Å². The normalized spacial score (nSPS) is 14.9. The van der Waals surface area contributed by atoms with Crippen LogP contribution in [0.25, 0.3) is 0 Å². The second-order valence-electron chi connectivity index (χ2n) is 5.09. The summed E-state index contributed by atoms with van der Waals surface area (Å²) < 4.78 is 5.67. The van der Waals surface area contributed by atoms with Gasteiger partial charge >= 0.3 is 0 Å². The van der Waals surface area contributed by atoms with E-state index in [9.17, 15) is 4.79 Å². The van der Waals surface area contributed by atoms with E-state index in [0.29, 0.717) is 23.2 Å². The average molecular weight is 263 g/mol. The van der Waals surface area contributed by atoms with Crippen molar-refractivity contribution in [1.29, 1.82) is 0 Å². The Labute approximate surface area is 112 Å². The van der Waals surface area contributed by atoms with Gasteiger partial charge in [-0.1, -0.05) is 5.92 Å². The zero-order valence-corrected chi connectivity index (χ0v) is 11.5. The van der Waals surface area contributed by atoms with Gasteiger partial charge in [0, 0.05) is 0 Å². The lowest BCUT2D eigenvalue weighted by atomic mass is 10.1. The van der Waals surface area contributed by atoms with Crippen LogP contribution in [0.1, 0.15) is 36.4 Å². The van der Waals surface area contributed by atoms with Gasteiger partial charge in [-0.2, -0.15) is 0 Å². The molecule has 96 valence electrons. The molecule has 1 saturated carbocycles. The lowest BCUT2D eigenvalue weighted by Gasteiger charge is -2.19. The van der Waals surface area contributed by atoms with Gasteiger partial charge < -0.3 is 10.1 Å². The molecular formula is C14H17NO2S. The molecule has 1 heterocycles. The van der Waals surface area contributed by atoms with Crippen molar-refractivity contribution in [3.8, 4) is 18.1 Å². The van der Waals surface area contributed by atoms with Gasteiger partial charge in [-0.25, -0.2) is 0 Å². The maximum atomic E-state index is 12.1. The van der Waals surface area contributed by atoms with Crippen LogP contribution in [0, 0.1) is 18.3 Å². The summed E-state index contributed by atoms with van der Waals surface area (Å²) >= 11 is 1.38. The quantitative estimate of drug-likeness (QED) is 0.829. The van der Waals surface area contributed by atoms with Crippen molar-refractivity contribution in [2.45, 2.75) is 32.2 Å². The monoisotopic (exact) mass is 263 g/mol. The number of thiophene rings is 1. The van der Waals surface area contributed by atoms with Gasteiger partial charge in [0.05, 0.1) is 12.1 Å². The number of rotatable bonds is 5. The van der Waals surface area contributed by atoms with E-state index in [4.69, 9.17) is 11.2 Å². The number of hydrogen-bond acceptors (Lipinski definition) is 3. The van der Waals surface area contributed by atoms with Crippen molar-refractivity contribution in [2.75, 3.05) is 6.61 Å². The average Bonchev–Trinajstić information content (AvgIpc) is 3.03. The van der Waals surface area contributed by atoms with Crippen molar-refractivity contribution in [1.82, 2.24) is 5.32 Å². The Morgan fingerprint density at radius 2 is 2.39 bits per heavy atom. The van der Waals surface area contributed by atoms with Crippen LogP contribution in [0.4, 0.5) is 0 Å². The Morgan fingerprint density at radius 1 is 1.67 bits per heavy atom. The highest BCUT2D eigenvalue weighted by atomic mass is 32.1. The molecule has 0 bridgehead atoms. The summed E-state index contributed by atoms with van der Waals surface area (Å²) in [5.74, 6) is 3.71. The number of carbonyl (C=O) groups excluding carboxylic acids is 1. The minimum atomic E-state index is -0.644. The van der Waals surface area contributed by atoms with Crippen LogP contribution < -0.4 is 10.1 Å². The van der Waals surface area contributed by atoms with Crippen molar-refractivity contribution < 1.29 is 9.53 Å². The fourth-order valence-corrected chi connectivity index (χ4v) is 2.17. The zero-order valence-electron chi connectivity index (χ0n) is 10.7. The SMILES string of the molecule is C#CC(C)(C)NC(=O)c1sccc1OCC1CC1. The minimum Gasteiger partial charge on any atom is -0.492 e. The van der Waals surface area contributed by atoms with Crippen LogP contribution in [-0.2, 0) is 0 Å². The fourth-order valence-electron chi connectivity index (χ4n) is 1.45. The van der Waals surface area contributed by atoms with E-state index in [1.165, 1.54) is 24.2 Å². The molecule has 1 aromatic heterocycles. The smallest absolute Gasteiger partial charge is 0.266 e. The lowest BCUT2D eigenvalue weighted by Crippen LogP contribution is -2.41. The Balaban J connectivity index is 2.01. The standard InChI is InChI=1S/C14H17NO2S/c1-4-14(2,3)15-13(16)12-11(7-8-18-12)17-9-10-5-6-10/h1,7-8,10H,5-6,9H2,2-3H3,(H,15,16). The highest BCUT2D eigenvalue weighted by Crippen LogP contribution is 2.32. The Hall–Kier alpha value is -1.47. The summed E-state index contributed by atoms with van der Waals surface area (Å²) in [6.45, 7) is 4.29. The van der Waals surface area contributed by atoms with Gasteiger partial charge in [-0.3, -0.25) is 4.79 Å². The van der Waals surface area contributed by atoms with E-state index < -0.39 is 5.54 Å². The van der Waals surface area contributed by atoms with Gasteiger partial charge in [0.25, 0.3) is 5.91 Å². The number of terminal acetylenes is 1. The number of amides is 1. The first-order chi connectivity index (χ1) is 8.52. The van der Waals surface area contributed by atoms with E-state index in [1.807, 2.05) is 11.4 Å². The first-order valence-corrected chi connectivity index (χ1v) is 6.90. The van der Waals surface area contributed by atoms with Gasteiger partial charge in [0.15, 0.2) is 0 Å². The van der Waals surface area contributed by atoms with Crippen LogP contribution in [0.2, 0.25) is 0 Å². The molecule has 1 aliphatic rings. The molecule has 0 radical (unpaired) electrons. The third-order valence-electron chi connectivity index (χ3n) is 2.79. The van der Waals surface area contributed by atoms with Crippen molar-refractivity contribution in [2.24, 2.45) is 5.92 Å². The van der Waals surface area contributed by atoms with Crippen molar-refractivity contribution in [3.05, 3.63) is 16.3 Å². The molecule has 0 aromatic carbocycles. The van der Waals surface area contributed by atoms with Crippen LogP contribution in [-0.4, -0.2) is 18.1 Å². The number of ether oxygens (including phenoxy) is 1. The Morgan fingerprint density at radius 3 is 3.00 bits per heavy atom. The molecule has 1 amide bonds. The van der Waals surface area contributed by atoms with E-state index in [-0.39, 0.29) is 5.91 Å². The molecule has 0 atom stereocenters. The number of hydrogen-bond donors (Lipinski definition) is 1. The van der Waals surface area contributed by atoms with Gasteiger partial charge in [-0.05, 0) is 44.1 Å².